The zero-order valence-corrected chi connectivity index (χ0v) is 23.7. The molecular weight excluding hydrogens is 545 g/mol. The van der Waals surface area contributed by atoms with Crippen molar-refractivity contribution in [2.45, 2.75) is 19.0 Å². The molecule has 6 rings (SSSR count). The first-order valence-electron chi connectivity index (χ1n) is 13.1. The van der Waals surface area contributed by atoms with E-state index in [9.17, 15) is 9.90 Å². The molecule has 1 atom stereocenters. The molecule has 0 aliphatic carbocycles. The molecule has 2 aromatic heterocycles. The van der Waals surface area contributed by atoms with Gasteiger partial charge in [-0.25, -0.2) is 4.98 Å². The third-order valence-electron chi connectivity index (χ3n) is 7.62. The number of likely N-dealkylation sites (N-methyl/N-ethyl adjacent to an activating group) is 1. The molecule has 3 heterocycles. The number of nitrogens with one attached hydrogen (secondary N) is 1. The van der Waals surface area contributed by atoms with E-state index < -0.39 is 0 Å². The van der Waals surface area contributed by atoms with Crippen molar-refractivity contribution in [2.24, 2.45) is 0 Å². The van der Waals surface area contributed by atoms with Crippen molar-refractivity contribution in [2.75, 3.05) is 27.2 Å². The number of likely N-dealkylation sites (tertiary alicyclic amines) is 1. The Morgan fingerprint density at radius 1 is 1.07 bits per heavy atom. The highest BCUT2D eigenvalue weighted by atomic mass is 35.5. The number of imidazole rings is 1. The van der Waals surface area contributed by atoms with Gasteiger partial charge in [0.05, 0.1) is 17.7 Å². The number of H-pyrrole nitrogens is 1. The van der Waals surface area contributed by atoms with E-state index >= 15 is 0 Å². The van der Waals surface area contributed by atoms with Crippen LogP contribution in [0.2, 0.25) is 10.0 Å². The molecule has 0 spiro atoms. The van der Waals surface area contributed by atoms with Crippen molar-refractivity contribution in [3.63, 3.8) is 0 Å². The van der Waals surface area contributed by atoms with Gasteiger partial charge in [0, 0.05) is 57.8 Å². The molecule has 7 nitrogen and oxygen atoms in total. The highest BCUT2D eigenvalue weighted by Gasteiger charge is 2.33. The third kappa shape index (κ3) is 4.96. The van der Waals surface area contributed by atoms with E-state index in [2.05, 4.69) is 9.88 Å². The Morgan fingerprint density at radius 2 is 1.85 bits per heavy atom. The van der Waals surface area contributed by atoms with Crippen molar-refractivity contribution in [1.29, 1.82) is 0 Å². The Bertz CT molecular complexity index is 1710. The molecule has 1 saturated heterocycles. The zero-order valence-electron chi connectivity index (χ0n) is 22.2. The molecule has 1 amide bonds. The lowest BCUT2D eigenvalue weighted by molar-refractivity contribution is 0.0779. The first kappa shape index (κ1) is 26.4. The second-order valence-electron chi connectivity index (χ2n) is 10.5. The van der Waals surface area contributed by atoms with Crippen LogP contribution in [-0.4, -0.2) is 68.6 Å². The minimum absolute atomic E-state index is 0.0622. The predicted octanol–water partition coefficient (Wildman–Crippen LogP) is 6.54. The van der Waals surface area contributed by atoms with Crippen molar-refractivity contribution in [3.8, 4) is 28.3 Å². The molecule has 0 radical (unpaired) electrons. The number of benzene rings is 3. The van der Waals surface area contributed by atoms with E-state index in [4.69, 9.17) is 28.2 Å². The van der Waals surface area contributed by atoms with Gasteiger partial charge in [-0.15, -0.1) is 0 Å². The van der Waals surface area contributed by atoms with Gasteiger partial charge in [-0.3, -0.25) is 4.79 Å². The number of fused-ring (bicyclic) bond motifs is 1. The van der Waals surface area contributed by atoms with Gasteiger partial charge in [-0.1, -0.05) is 53.5 Å². The summed E-state index contributed by atoms with van der Waals surface area (Å²) in [6, 6.07) is 20.6. The molecular formula is C31H29Cl2N5O2. The fourth-order valence-electron chi connectivity index (χ4n) is 5.50. The molecule has 9 heteroatoms. The lowest BCUT2D eigenvalue weighted by Crippen LogP contribution is -2.34. The number of amides is 1. The number of halogens is 2. The number of phenols is 1. The monoisotopic (exact) mass is 573 g/mol. The first-order chi connectivity index (χ1) is 19.3. The van der Waals surface area contributed by atoms with Crippen LogP contribution < -0.4 is 0 Å². The highest BCUT2D eigenvalue weighted by Crippen LogP contribution is 2.40. The van der Waals surface area contributed by atoms with Crippen LogP contribution in [0.3, 0.4) is 0 Å². The SMILES string of the molecule is CN(C)[C@H]1CCN(C(=O)c2[nH]c3cc(Cl)ccc3c2-c2c(-c3cccc(O)c3)ncn2Cc2ccc(Cl)cc2)C1. The van der Waals surface area contributed by atoms with E-state index in [1.807, 2.05) is 72.1 Å². The maximum absolute atomic E-state index is 14.2. The van der Waals surface area contributed by atoms with Crippen LogP contribution in [0.1, 0.15) is 22.5 Å². The number of aromatic hydroxyl groups is 1. The summed E-state index contributed by atoms with van der Waals surface area (Å²) in [5, 5.41) is 12.4. The normalized spacial score (nSPS) is 15.4. The van der Waals surface area contributed by atoms with Gasteiger partial charge in [0.2, 0.25) is 0 Å². The minimum Gasteiger partial charge on any atom is -0.508 e. The van der Waals surface area contributed by atoms with Crippen molar-refractivity contribution in [3.05, 3.63) is 94.4 Å². The summed E-state index contributed by atoms with van der Waals surface area (Å²) in [5.41, 5.74) is 5.26. The molecule has 204 valence electrons. The number of aromatic nitrogens is 3. The fraction of sp³-hybridized carbons (Fsp3) is 0.226. The number of rotatable bonds is 6. The second-order valence-corrected chi connectivity index (χ2v) is 11.3. The summed E-state index contributed by atoms with van der Waals surface area (Å²) in [5.74, 6) is 0.0808. The smallest absolute Gasteiger partial charge is 0.271 e. The predicted molar refractivity (Wildman–Crippen MR) is 160 cm³/mol. The molecule has 1 fully saturated rings. The molecule has 1 aliphatic rings. The number of aromatic amines is 1. The maximum atomic E-state index is 14.2. The number of carbonyl (C=O) groups excluding carboxylic acids is 1. The van der Waals surface area contributed by atoms with Gasteiger partial charge in [0.25, 0.3) is 5.91 Å². The van der Waals surface area contributed by atoms with E-state index in [0.29, 0.717) is 47.1 Å². The molecule has 0 bridgehead atoms. The Labute approximate surface area is 242 Å². The Hall–Kier alpha value is -3.78. The van der Waals surface area contributed by atoms with Gasteiger partial charge in [0.15, 0.2) is 0 Å². The van der Waals surface area contributed by atoms with E-state index in [0.717, 1.165) is 39.7 Å². The summed E-state index contributed by atoms with van der Waals surface area (Å²) >= 11 is 12.5. The number of phenolic OH excluding ortho intramolecular Hbond substituents is 1. The number of hydrogen-bond acceptors (Lipinski definition) is 4. The molecule has 0 saturated carbocycles. The maximum Gasteiger partial charge on any atom is 0.271 e. The lowest BCUT2D eigenvalue weighted by atomic mass is 10.0. The highest BCUT2D eigenvalue weighted by molar-refractivity contribution is 6.31. The molecule has 3 aromatic carbocycles. The summed E-state index contributed by atoms with van der Waals surface area (Å²) in [4.78, 5) is 26.4. The lowest BCUT2D eigenvalue weighted by Gasteiger charge is -2.21. The Morgan fingerprint density at radius 3 is 2.58 bits per heavy atom. The van der Waals surface area contributed by atoms with E-state index in [1.54, 1.807) is 24.5 Å². The van der Waals surface area contributed by atoms with Crippen LogP contribution in [-0.2, 0) is 6.54 Å². The molecule has 5 aromatic rings. The van der Waals surface area contributed by atoms with Crippen LogP contribution in [0.5, 0.6) is 5.75 Å². The van der Waals surface area contributed by atoms with Gasteiger partial charge in [-0.2, -0.15) is 0 Å². The van der Waals surface area contributed by atoms with Crippen molar-refractivity contribution >= 4 is 40.0 Å². The number of carbonyl (C=O) groups is 1. The molecule has 40 heavy (non-hydrogen) atoms. The van der Waals surface area contributed by atoms with Crippen molar-refractivity contribution in [1.82, 2.24) is 24.3 Å². The van der Waals surface area contributed by atoms with Crippen molar-refractivity contribution < 1.29 is 9.90 Å². The standard InChI is InChI=1S/C31H29Cl2N5O2/c1-36(2)23-12-13-37(17-23)31(40)29-27(25-11-10-22(33)15-26(25)35-29)30-28(20-4-3-5-24(39)14-20)34-18-38(30)16-19-6-8-21(32)9-7-19/h3-11,14-15,18,23,35,39H,12-13,16-17H2,1-2H3/t23-/m0/s1. The number of nitrogens with zero attached hydrogens (tertiary/aromatic N) is 4. The average molecular weight is 575 g/mol. The topological polar surface area (TPSA) is 77.4 Å². The average Bonchev–Trinajstić information content (AvgIpc) is 3.66. The van der Waals surface area contributed by atoms with Crippen LogP contribution in [0.25, 0.3) is 33.4 Å². The molecule has 2 N–H and O–H groups in total. The Balaban J connectivity index is 1.56. The summed E-state index contributed by atoms with van der Waals surface area (Å²) < 4.78 is 2.04. The summed E-state index contributed by atoms with van der Waals surface area (Å²) in [6.07, 6.45) is 2.70. The van der Waals surface area contributed by atoms with Crippen LogP contribution >= 0.6 is 23.2 Å². The van der Waals surface area contributed by atoms with Gasteiger partial charge >= 0.3 is 0 Å². The first-order valence-corrected chi connectivity index (χ1v) is 13.9. The minimum atomic E-state index is -0.0622. The van der Waals surface area contributed by atoms with Crippen LogP contribution in [0.4, 0.5) is 0 Å². The quantitative estimate of drug-likeness (QED) is 0.242. The zero-order chi connectivity index (χ0) is 28.0. The van der Waals surface area contributed by atoms with Gasteiger partial charge < -0.3 is 24.5 Å². The van der Waals surface area contributed by atoms with Gasteiger partial charge in [0.1, 0.15) is 11.4 Å². The summed E-state index contributed by atoms with van der Waals surface area (Å²) in [6.45, 7) is 1.85. The van der Waals surface area contributed by atoms with Crippen LogP contribution in [0.15, 0.2) is 73.1 Å². The van der Waals surface area contributed by atoms with E-state index in [-0.39, 0.29) is 11.7 Å². The molecule has 0 unspecified atom stereocenters. The fourth-order valence-corrected chi connectivity index (χ4v) is 5.80. The van der Waals surface area contributed by atoms with E-state index in [1.165, 1.54) is 0 Å². The number of hydrogen-bond donors (Lipinski definition) is 2. The van der Waals surface area contributed by atoms with Gasteiger partial charge in [-0.05, 0) is 62.5 Å². The molecule has 1 aliphatic heterocycles. The Kier molecular flexibility index (Phi) is 7.04. The second kappa shape index (κ2) is 10.7. The van der Waals surface area contributed by atoms with Crippen LogP contribution in [0, 0.1) is 0 Å². The largest absolute Gasteiger partial charge is 0.508 e. The third-order valence-corrected chi connectivity index (χ3v) is 8.10. The summed E-state index contributed by atoms with van der Waals surface area (Å²) in [7, 11) is 4.10.